The highest BCUT2D eigenvalue weighted by Gasteiger charge is 2.25. The van der Waals surface area contributed by atoms with Gasteiger partial charge in [-0.2, -0.15) is 0 Å². The lowest BCUT2D eigenvalue weighted by Crippen LogP contribution is -2.43. The molecule has 2 heterocycles. The maximum atomic E-state index is 13.0. The van der Waals surface area contributed by atoms with Crippen LogP contribution in [0.25, 0.3) is 22.5 Å². The molecule has 1 N–H and O–H groups in total. The highest BCUT2D eigenvalue weighted by Crippen LogP contribution is 2.35. The fourth-order valence-electron chi connectivity index (χ4n) is 5.40. The number of hydrogen-bond acceptors (Lipinski definition) is 6. The molecule has 49 heavy (non-hydrogen) atoms. The van der Waals surface area contributed by atoms with Crippen LogP contribution < -0.4 is 5.32 Å². The van der Waals surface area contributed by atoms with Crippen molar-refractivity contribution in [2.45, 2.75) is 150 Å². The van der Waals surface area contributed by atoms with Gasteiger partial charge in [0.1, 0.15) is 17.0 Å². The van der Waals surface area contributed by atoms with E-state index in [2.05, 4.69) is 145 Å². The van der Waals surface area contributed by atoms with Crippen LogP contribution in [0.15, 0.2) is 48.8 Å². The number of nitrogens with zero attached hydrogens (tertiary/aromatic N) is 6. The van der Waals surface area contributed by atoms with Crippen molar-refractivity contribution in [1.29, 1.82) is 0 Å². The number of aromatic nitrogens is 6. The molecular weight excluding hydrogens is 610 g/mol. The number of rotatable bonds is 7. The maximum absolute atomic E-state index is 13.0. The van der Waals surface area contributed by atoms with Crippen LogP contribution in [0, 0.1) is 0 Å². The number of nitrogens with one attached hydrogen (secondary N) is 1. The molecule has 4 rings (SSSR count). The normalized spacial score (nSPS) is 13.2. The minimum absolute atomic E-state index is 0.0204. The Kier molecular flexibility index (Phi) is 10.3. The molecule has 1 amide bonds. The van der Waals surface area contributed by atoms with Gasteiger partial charge in [0, 0.05) is 11.1 Å². The molecule has 0 saturated carbocycles. The van der Waals surface area contributed by atoms with E-state index in [4.69, 9.17) is 4.74 Å². The number of amides is 1. The summed E-state index contributed by atoms with van der Waals surface area (Å²) in [6.45, 7) is 33.0. The second-order valence-electron chi connectivity index (χ2n) is 18.6. The van der Waals surface area contributed by atoms with E-state index in [0.29, 0.717) is 13.1 Å². The summed E-state index contributed by atoms with van der Waals surface area (Å²) in [6, 6.07) is 13.0. The van der Waals surface area contributed by atoms with E-state index in [1.807, 2.05) is 33.2 Å². The summed E-state index contributed by atoms with van der Waals surface area (Å²) in [5, 5.41) is 21.2. The van der Waals surface area contributed by atoms with Crippen molar-refractivity contribution in [2.24, 2.45) is 0 Å². The third-order valence-corrected chi connectivity index (χ3v) is 8.53. The van der Waals surface area contributed by atoms with Crippen molar-refractivity contribution in [3.63, 3.8) is 0 Å². The summed E-state index contributed by atoms with van der Waals surface area (Å²) in [6.07, 6.45) is 3.38. The van der Waals surface area contributed by atoms with Gasteiger partial charge in [0.05, 0.1) is 31.5 Å². The van der Waals surface area contributed by atoms with Crippen LogP contribution >= 0.6 is 0 Å². The summed E-state index contributed by atoms with van der Waals surface area (Å²) < 4.78 is 9.18. The van der Waals surface area contributed by atoms with Gasteiger partial charge in [-0.15, -0.1) is 10.2 Å². The lowest BCUT2D eigenvalue weighted by atomic mass is 9.79. The summed E-state index contributed by atoms with van der Waals surface area (Å²) >= 11 is 0. The number of alkyl carbamates (subject to hydrolysis) is 1. The molecule has 9 nitrogen and oxygen atoms in total. The predicted molar refractivity (Wildman–Crippen MR) is 199 cm³/mol. The second-order valence-corrected chi connectivity index (χ2v) is 18.6. The highest BCUT2D eigenvalue weighted by atomic mass is 16.6. The summed E-state index contributed by atoms with van der Waals surface area (Å²) in [5.74, 6) is 0. The molecule has 0 radical (unpaired) electrons. The Morgan fingerprint density at radius 3 is 1.20 bits per heavy atom. The summed E-state index contributed by atoms with van der Waals surface area (Å²) in [7, 11) is 0. The van der Waals surface area contributed by atoms with E-state index < -0.39 is 17.7 Å². The lowest BCUT2D eigenvalue weighted by Gasteiger charge is -2.26. The Hall–Kier alpha value is -4.01. The quantitative estimate of drug-likeness (QED) is 0.211. The first-order chi connectivity index (χ1) is 22.3. The van der Waals surface area contributed by atoms with Gasteiger partial charge in [0.2, 0.25) is 0 Å². The number of carbonyl (C=O) groups excluding carboxylic acids is 1. The fraction of sp³-hybridized carbons (Fsp3) is 0.575. The molecule has 9 heteroatoms. The topological polar surface area (TPSA) is 99.8 Å². The molecule has 0 atom stereocenters. The Bertz CT molecular complexity index is 1580. The average molecular weight is 670 g/mol. The van der Waals surface area contributed by atoms with Gasteiger partial charge in [-0.3, -0.25) is 0 Å². The first-order valence-corrected chi connectivity index (χ1v) is 17.4. The molecule has 0 aliphatic carbocycles. The van der Waals surface area contributed by atoms with Crippen molar-refractivity contribution < 1.29 is 9.53 Å². The molecule has 0 fully saturated rings. The number of benzene rings is 2. The van der Waals surface area contributed by atoms with Gasteiger partial charge >= 0.3 is 6.09 Å². The second kappa shape index (κ2) is 13.4. The van der Waals surface area contributed by atoms with Gasteiger partial charge in [-0.05, 0) is 89.0 Å². The summed E-state index contributed by atoms with van der Waals surface area (Å²) in [5.41, 5.74) is 7.88. The molecule has 0 spiro atoms. The third-order valence-electron chi connectivity index (χ3n) is 8.53. The van der Waals surface area contributed by atoms with Gasteiger partial charge in [-0.1, -0.05) is 106 Å². The van der Waals surface area contributed by atoms with Crippen molar-refractivity contribution >= 4 is 6.09 Å². The molecule has 2 aromatic heterocycles. The molecule has 0 aliphatic rings. The van der Waals surface area contributed by atoms with Crippen LogP contribution in [-0.2, 0) is 39.5 Å². The fourth-order valence-corrected chi connectivity index (χ4v) is 5.40. The zero-order chi connectivity index (χ0) is 36.7. The third kappa shape index (κ3) is 10.2. The van der Waals surface area contributed by atoms with Crippen LogP contribution in [0.5, 0.6) is 0 Å². The van der Waals surface area contributed by atoms with E-state index in [9.17, 15) is 4.79 Å². The Morgan fingerprint density at radius 2 is 0.918 bits per heavy atom. The maximum Gasteiger partial charge on any atom is 0.407 e. The van der Waals surface area contributed by atoms with E-state index in [0.717, 1.165) is 22.5 Å². The monoisotopic (exact) mass is 669 g/mol. The number of ether oxygens (including phenoxy) is 1. The van der Waals surface area contributed by atoms with Gasteiger partial charge < -0.3 is 10.1 Å². The van der Waals surface area contributed by atoms with Crippen LogP contribution in [-0.4, -0.2) is 47.7 Å². The molecule has 0 aliphatic heterocycles. The van der Waals surface area contributed by atoms with Crippen LogP contribution in [0.3, 0.4) is 0 Å². The minimum Gasteiger partial charge on any atom is -0.444 e. The zero-order valence-electron chi connectivity index (χ0n) is 32.6. The van der Waals surface area contributed by atoms with Gasteiger partial charge in [0.15, 0.2) is 0 Å². The molecule has 0 bridgehead atoms. The zero-order valence-corrected chi connectivity index (χ0v) is 32.6. The van der Waals surface area contributed by atoms with E-state index in [1.165, 1.54) is 22.3 Å². The first kappa shape index (κ1) is 37.8. The largest absolute Gasteiger partial charge is 0.444 e. The van der Waals surface area contributed by atoms with E-state index in [1.54, 1.807) is 9.36 Å². The first-order valence-electron chi connectivity index (χ1n) is 17.4. The molecule has 266 valence electrons. The molecular formula is C40H59N7O2. The number of carbonyl (C=O) groups is 1. The van der Waals surface area contributed by atoms with Crippen molar-refractivity contribution in [2.75, 3.05) is 0 Å². The Labute approximate surface area is 294 Å². The predicted octanol–water partition coefficient (Wildman–Crippen LogP) is 8.99. The number of hydrogen-bond donors (Lipinski definition) is 1. The molecule has 0 saturated heterocycles. The minimum atomic E-state index is -0.638. The molecule has 2 aromatic carbocycles. The smallest absolute Gasteiger partial charge is 0.407 e. The van der Waals surface area contributed by atoms with E-state index in [-0.39, 0.29) is 21.7 Å². The van der Waals surface area contributed by atoms with Gasteiger partial charge in [0.25, 0.3) is 0 Å². The van der Waals surface area contributed by atoms with Crippen molar-refractivity contribution in [1.82, 2.24) is 35.3 Å². The van der Waals surface area contributed by atoms with Crippen molar-refractivity contribution in [3.05, 3.63) is 71.0 Å². The average Bonchev–Trinajstić information content (AvgIpc) is 3.59. The summed E-state index contributed by atoms with van der Waals surface area (Å²) in [4.78, 5) is 13.0. The highest BCUT2D eigenvalue weighted by molar-refractivity contribution is 5.68. The SMILES string of the molecule is CC(C)(C)OC(=O)NC(Cn1cc(-c2cc(C(C)(C)C)cc(C(C)(C)C)c2)nn1)Cn1cc(-c2cc(C(C)(C)C)cc(C(C)(C)C)c2)nn1. The van der Waals surface area contributed by atoms with Crippen LogP contribution in [0.4, 0.5) is 4.79 Å². The molecule has 0 unspecified atom stereocenters. The van der Waals surface area contributed by atoms with Crippen molar-refractivity contribution in [3.8, 4) is 22.5 Å². The Balaban J connectivity index is 1.65. The van der Waals surface area contributed by atoms with Gasteiger partial charge in [-0.25, -0.2) is 14.2 Å². The van der Waals surface area contributed by atoms with Crippen LogP contribution in [0.2, 0.25) is 0 Å². The van der Waals surface area contributed by atoms with Crippen LogP contribution in [0.1, 0.15) is 126 Å². The standard InChI is InChI=1S/C40H59N7O2/c1-36(2,3)28-16-26(17-29(20-28)37(4,5)6)33-24-46(44-42-33)22-32(41-35(48)49-40(13,14)15)23-47-25-34(43-45-47)27-18-30(38(7,8)9)21-31(19-27)39(10,11)12/h16-21,24-25,32H,22-23H2,1-15H3,(H,41,48). The van der Waals surface area contributed by atoms with E-state index >= 15 is 0 Å². The molecule has 4 aromatic rings. The lowest BCUT2D eigenvalue weighted by molar-refractivity contribution is 0.0491. The Morgan fingerprint density at radius 1 is 0.592 bits per heavy atom.